The van der Waals surface area contributed by atoms with Gasteiger partial charge in [-0.3, -0.25) is 0 Å². The van der Waals surface area contributed by atoms with Crippen molar-refractivity contribution >= 4 is 11.9 Å². The highest BCUT2D eigenvalue weighted by Gasteiger charge is 2.28. The van der Waals surface area contributed by atoms with Crippen molar-refractivity contribution in [3.05, 3.63) is 17.2 Å². The van der Waals surface area contributed by atoms with Crippen LogP contribution in [-0.2, 0) is 9.47 Å². The Labute approximate surface area is 109 Å². The van der Waals surface area contributed by atoms with Gasteiger partial charge in [-0.25, -0.2) is 9.59 Å². The van der Waals surface area contributed by atoms with Crippen LogP contribution in [0.3, 0.4) is 0 Å². The van der Waals surface area contributed by atoms with E-state index in [1.54, 1.807) is 13.8 Å². The summed E-state index contributed by atoms with van der Waals surface area (Å²) in [6, 6.07) is 0.762. The lowest BCUT2D eigenvalue weighted by Gasteiger charge is -2.11. The normalized spacial score (nSPS) is 10.0. The van der Waals surface area contributed by atoms with E-state index in [0.29, 0.717) is 0 Å². The van der Waals surface area contributed by atoms with Crippen LogP contribution < -0.4 is 0 Å². The lowest BCUT2D eigenvalue weighted by Crippen LogP contribution is -2.10. The monoisotopic (exact) mass is 273 g/mol. The van der Waals surface area contributed by atoms with Gasteiger partial charge in [-0.05, 0) is 13.8 Å². The predicted octanol–water partition coefficient (Wildman–Crippen LogP) is 1.16. The average molecular weight is 273 g/mol. The van der Waals surface area contributed by atoms with Crippen molar-refractivity contribution in [3.63, 3.8) is 0 Å². The third-order valence-corrected chi connectivity index (χ3v) is 2.22. The van der Waals surface area contributed by atoms with E-state index in [-0.39, 0.29) is 13.2 Å². The summed E-state index contributed by atoms with van der Waals surface area (Å²) in [5.74, 6) is -4.29. The first-order valence-electron chi connectivity index (χ1n) is 5.56. The minimum absolute atomic E-state index is 0.0212. The van der Waals surface area contributed by atoms with Gasteiger partial charge in [-0.1, -0.05) is 0 Å². The first-order chi connectivity index (χ1) is 8.93. The van der Waals surface area contributed by atoms with E-state index in [2.05, 4.69) is 9.47 Å². The minimum atomic E-state index is -1.01. The highest BCUT2D eigenvalue weighted by molar-refractivity contribution is 6.03. The van der Waals surface area contributed by atoms with Crippen molar-refractivity contribution in [1.29, 1.82) is 0 Å². The molecule has 1 aromatic rings. The fourth-order valence-corrected chi connectivity index (χ4v) is 1.45. The van der Waals surface area contributed by atoms with Crippen LogP contribution in [-0.4, -0.2) is 40.5 Å². The van der Waals surface area contributed by atoms with Gasteiger partial charge >= 0.3 is 11.9 Å². The number of esters is 2. The molecule has 0 aliphatic rings. The number of rotatable bonds is 4. The zero-order valence-corrected chi connectivity index (χ0v) is 10.5. The molecule has 0 spiro atoms. The van der Waals surface area contributed by atoms with Gasteiger partial charge in [0.2, 0.25) is 0 Å². The van der Waals surface area contributed by atoms with Crippen molar-refractivity contribution < 1.29 is 34.4 Å². The molecule has 3 N–H and O–H groups in total. The van der Waals surface area contributed by atoms with Gasteiger partial charge in [0.1, 0.15) is 22.6 Å². The van der Waals surface area contributed by atoms with Crippen molar-refractivity contribution in [2.75, 3.05) is 13.2 Å². The Balaban J connectivity index is 3.38. The van der Waals surface area contributed by atoms with Gasteiger partial charge in [0.25, 0.3) is 0 Å². The van der Waals surface area contributed by atoms with E-state index in [4.69, 9.17) is 0 Å². The number of hydrogen-bond donors (Lipinski definition) is 3. The summed E-state index contributed by atoms with van der Waals surface area (Å²) in [7, 11) is 0. The number of carbonyl (C=O) groups is 2. The molecule has 0 amide bonds. The van der Waals surface area contributed by atoms with Crippen LogP contribution >= 0.6 is 0 Å². The second-order valence-corrected chi connectivity index (χ2v) is 3.45. The summed E-state index contributed by atoms with van der Waals surface area (Å²) in [6.07, 6.45) is 0. The second-order valence-electron chi connectivity index (χ2n) is 3.45. The fraction of sp³-hybridized carbons (Fsp3) is 0.333. The number of phenols is 3. The molecule has 7 nitrogen and oxygen atoms in total. The van der Waals surface area contributed by atoms with E-state index < -0.39 is 40.3 Å². The zero-order chi connectivity index (χ0) is 14.6. The van der Waals surface area contributed by atoms with Gasteiger partial charge in [-0.2, -0.15) is 0 Å². The smallest absolute Gasteiger partial charge is 0.345 e. The molecule has 0 atom stereocenters. The van der Waals surface area contributed by atoms with Gasteiger partial charge in [0.05, 0.1) is 13.2 Å². The Morgan fingerprint density at radius 3 is 1.63 bits per heavy atom. The lowest BCUT2D eigenvalue weighted by molar-refractivity contribution is 0.0514. The third-order valence-electron chi connectivity index (χ3n) is 2.22. The lowest BCUT2D eigenvalue weighted by atomic mass is 10.5. The maximum atomic E-state index is 11.6. The van der Waals surface area contributed by atoms with Gasteiger partial charge in [-0.15, -0.1) is 0 Å². The molecule has 0 bridgehead atoms. The predicted molar refractivity (Wildman–Crippen MR) is 63.3 cm³/mol. The number of hydrogen-bond acceptors (Lipinski definition) is 7. The summed E-state index contributed by atoms with van der Waals surface area (Å²) < 4.78 is 9.26. The Hall–Kier alpha value is -2.44. The second kappa shape index (κ2) is 5.94. The number of benzene rings is 1. The topological polar surface area (TPSA) is 113 Å². The molecule has 0 saturated carbocycles. The Kier molecular flexibility index (Phi) is 4.57. The molecule has 0 radical (unpaired) electrons. The van der Waals surface area contributed by atoms with Crippen LogP contribution in [0.2, 0.25) is 0 Å². The maximum Gasteiger partial charge on any atom is 0.345 e. The first-order valence-corrected chi connectivity index (χ1v) is 5.56. The van der Waals surface area contributed by atoms with Crippen molar-refractivity contribution in [2.24, 2.45) is 0 Å². The maximum absolute atomic E-state index is 11.6. The molecule has 0 heterocycles. The largest absolute Gasteiger partial charge is 0.507 e. The number of aromatic hydroxyl groups is 3. The SMILES string of the molecule is CCOC(=O)[13c]1c(O)[13cH]c(O)[13c](C(=O)OCC)c1O. The van der Waals surface area contributed by atoms with E-state index in [0.717, 1.165) is 6.07 Å². The molecule has 19 heavy (non-hydrogen) atoms. The third kappa shape index (κ3) is 2.87. The van der Waals surface area contributed by atoms with Gasteiger partial charge < -0.3 is 24.8 Å². The summed E-state index contributed by atoms with van der Waals surface area (Å²) in [6.45, 7) is 3.12. The van der Waals surface area contributed by atoms with Crippen molar-refractivity contribution in [2.45, 2.75) is 13.8 Å². The summed E-state index contributed by atoms with van der Waals surface area (Å²) in [4.78, 5) is 23.1. The molecule has 104 valence electrons. The molecule has 1 aromatic carbocycles. The van der Waals surface area contributed by atoms with Gasteiger partial charge in [0, 0.05) is 6.07 Å². The zero-order valence-electron chi connectivity index (χ0n) is 10.5. The summed E-state index contributed by atoms with van der Waals surface area (Å²) >= 11 is 0. The standard InChI is InChI=1S/C12H14O7/c1-3-18-11(16)8-6(13)5-7(14)9(10(8)15)12(17)19-4-2/h5,13-15H,3-4H2,1-2H3/i5+1,8+1,9+1. The van der Waals surface area contributed by atoms with Gasteiger partial charge in [0.15, 0.2) is 5.75 Å². The average Bonchev–Trinajstić information content (AvgIpc) is 2.28. The molecule has 0 aliphatic carbocycles. The van der Waals surface area contributed by atoms with Crippen LogP contribution in [0.25, 0.3) is 0 Å². The fourth-order valence-electron chi connectivity index (χ4n) is 1.45. The molecule has 7 heteroatoms. The summed E-state index contributed by atoms with van der Waals surface area (Å²) in [5, 5.41) is 28.9. The Morgan fingerprint density at radius 2 is 1.32 bits per heavy atom. The molecular weight excluding hydrogens is 259 g/mol. The van der Waals surface area contributed by atoms with E-state index in [1.807, 2.05) is 0 Å². The minimum Gasteiger partial charge on any atom is -0.507 e. The van der Waals surface area contributed by atoms with Crippen LogP contribution in [0, 0.1) is 0 Å². The first kappa shape index (κ1) is 14.6. The Bertz CT molecular complexity index is 465. The molecule has 0 fully saturated rings. The molecular formula is C12H14O7. The highest BCUT2D eigenvalue weighted by Crippen LogP contribution is 2.38. The molecule has 0 aromatic heterocycles. The van der Waals surface area contributed by atoms with Crippen LogP contribution in [0.4, 0.5) is 0 Å². The van der Waals surface area contributed by atoms with E-state index >= 15 is 0 Å². The summed E-state index contributed by atoms with van der Waals surface area (Å²) in [5.41, 5.74) is -1.19. The molecule has 0 aliphatic heterocycles. The van der Waals surface area contributed by atoms with Crippen molar-refractivity contribution in [1.82, 2.24) is 0 Å². The highest BCUT2D eigenvalue weighted by atomic mass is 16.5. The quantitative estimate of drug-likeness (QED) is 0.705. The van der Waals surface area contributed by atoms with Crippen LogP contribution in [0.1, 0.15) is 34.6 Å². The Morgan fingerprint density at radius 1 is 0.947 bits per heavy atom. The molecule has 0 unspecified atom stereocenters. The van der Waals surface area contributed by atoms with Crippen molar-refractivity contribution in [3.8, 4) is 17.2 Å². The van der Waals surface area contributed by atoms with E-state index in [9.17, 15) is 24.9 Å². The molecule has 0 saturated heterocycles. The van der Waals surface area contributed by atoms with Crippen LogP contribution in [0.5, 0.6) is 17.2 Å². The number of ether oxygens (including phenoxy) is 2. The number of carbonyl (C=O) groups excluding carboxylic acids is 2. The van der Waals surface area contributed by atoms with Crippen LogP contribution in [0.15, 0.2) is 6.07 Å². The molecule has 1 rings (SSSR count). The van der Waals surface area contributed by atoms with E-state index in [1.165, 1.54) is 0 Å². The number of phenolic OH excluding ortho intramolecular Hbond substituents is 3.